The minimum atomic E-state index is -0.641. The molecule has 2 aromatic carbocycles. The Kier molecular flexibility index (Phi) is 8.35. The van der Waals surface area contributed by atoms with Crippen molar-refractivity contribution in [1.29, 1.82) is 5.26 Å². The van der Waals surface area contributed by atoms with E-state index in [4.69, 9.17) is 14.5 Å². The lowest BCUT2D eigenvalue weighted by atomic mass is 9.95. The molecule has 1 saturated heterocycles. The van der Waals surface area contributed by atoms with Crippen LogP contribution in [0.3, 0.4) is 0 Å². The molecule has 9 nitrogen and oxygen atoms in total. The SMILES string of the molecule is COc1ccc(-c2ncc3c(cc(CN4CCN(NC(=O)OC(C)(C)C)CC4)n3C)c2-c2ccc(C#N)c(F)c2)cc1F. The second kappa shape index (κ2) is 12.0. The van der Waals surface area contributed by atoms with Crippen molar-refractivity contribution in [2.75, 3.05) is 33.3 Å². The molecule has 0 spiro atoms. The molecular formula is C32H34F2N6O3. The van der Waals surface area contributed by atoms with Crippen molar-refractivity contribution in [3.05, 3.63) is 71.6 Å². The largest absolute Gasteiger partial charge is 0.494 e. The zero-order valence-corrected chi connectivity index (χ0v) is 24.9. The van der Waals surface area contributed by atoms with Gasteiger partial charge in [-0.2, -0.15) is 5.26 Å². The Hall–Kier alpha value is -4.53. The fourth-order valence-electron chi connectivity index (χ4n) is 5.26. The average Bonchev–Trinajstić information content (AvgIpc) is 3.27. The second-order valence-electron chi connectivity index (χ2n) is 11.5. The number of halogens is 2. The van der Waals surface area contributed by atoms with Gasteiger partial charge in [-0.15, -0.1) is 0 Å². The van der Waals surface area contributed by atoms with Gasteiger partial charge in [0.05, 0.1) is 30.1 Å². The summed E-state index contributed by atoms with van der Waals surface area (Å²) in [4.78, 5) is 19.2. The molecule has 43 heavy (non-hydrogen) atoms. The van der Waals surface area contributed by atoms with Crippen LogP contribution in [0.4, 0.5) is 13.6 Å². The van der Waals surface area contributed by atoms with Crippen molar-refractivity contribution in [2.24, 2.45) is 7.05 Å². The molecule has 11 heteroatoms. The first-order valence-electron chi connectivity index (χ1n) is 14.0. The maximum atomic E-state index is 14.8. The lowest BCUT2D eigenvalue weighted by Gasteiger charge is -2.35. The first kappa shape index (κ1) is 29.9. The van der Waals surface area contributed by atoms with E-state index >= 15 is 0 Å². The molecule has 4 aromatic rings. The summed E-state index contributed by atoms with van der Waals surface area (Å²) in [7, 11) is 3.35. The van der Waals surface area contributed by atoms with Gasteiger partial charge in [0.1, 0.15) is 17.5 Å². The zero-order valence-electron chi connectivity index (χ0n) is 24.9. The number of ether oxygens (including phenoxy) is 2. The van der Waals surface area contributed by atoms with Crippen molar-refractivity contribution >= 4 is 17.0 Å². The summed E-state index contributed by atoms with van der Waals surface area (Å²) in [5, 5.41) is 12.0. The number of nitriles is 1. The topological polar surface area (TPSA) is 95.7 Å². The van der Waals surface area contributed by atoms with Gasteiger partial charge in [-0.1, -0.05) is 6.07 Å². The third-order valence-electron chi connectivity index (χ3n) is 7.41. The summed E-state index contributed by atoms with van der Waals surface area (Å²) >= 11 is 0. The molecule has 0 saturated carbocycles. The number of aromatic nitrogens is 2. The maximum absolute atomic E-state index is 14.8. The van der Waals surface area contributed by atoms with E-state index in [1.807, 2.05) is 38.9 Å². The molecule has 1 aliphatic heterocycles. The summed E-state index contributed by atoms with van der Waals surface area (Å²) < 4.78 is 42.1. The van der Waals surface area contributed by atoms with E-state index in [2.05, 4.69) is 21.0 Å². The van der Waals surface area contributed by atoms with Gasteiger partial charge in [0, 0.05) is 62.0 Å². The monoisotopic (exact) mass is 588 g/mol. The fourth-order valence-corrected chi connectivity index (χ4v) is 5.26. The number of nitrogens with one attached hydrogen (secondary N) is 1. The molecule has 3 heterocycles. The standard InChI is InChI=1S/C32H34F2N6O3/c1-32(2,3)43-31(41)37-40-12-10-39(11-13-40)19-23-16-24-27(38(23)4)18-36-30(21-8-9-28(42-5)26(34)15-21)29(24)20-6-7-22(17-35)25(33)14-20/h6-9,14-16,18H,10-13,19H2,1-5H3,(H,37,41). The molecular weight excluding hydrogens is 554 g/mol. The third-order valence-corrected chi connectivity index (χ3v) is 7.41. The van der Waals surface area contributed by atoms with Crippen LogP contribution >= 0.6 is 0 Å². The van der Waals surface area contributed by atoms with E-state index in [1.165, 1.54) is 31.4 Å². The number of piperazine rings is 1. The number of nitrogens with zero attached hydrogens (tertiary/aromatic N) is 5. The van der Waals surface area contributed by atoms with Crippen molar-refractivity contribution in [3.63, 3.8) is 0 Å². The molecule has 2 aromatic heterocycles. The number of hydrogen-bond donors (Lipinski definition) is 1. The average molecular weight is 589 g/mol. The Bertz CT molecular complexity index is 1720. The molecule has 5 rings (SSSR count). The van der Waals surface area contributed by atoms with Gasteiger partial charge >= 0.3 is 6.09 Å². The lowest BCUT2D eigenvalue weighted by Crippen LogP contribution is -2.54. The number of benzene rings is 2. The van der Waals surface area contributed by atoms with Crippen molar-refractivity contribution in [3.8, 4) is 34.2 Å². The highest BCUT2D eigenvalue weighted by molar-refractivity contribution is 6.02. The number of fused-ring (bicyclic) bond motifs is 1. The van der Waals surface area contributed by atoms with E-state index in [-0.39, 0.29) is 11.3 Å². The van der Waals surface area contributed by atoms with Crippen LogP contribution in [0.5, 0.6) is 5.75 Å². The smallest absolute Gasteiger partial charge is 0.422 e. The van der Waals surface area contributed by atoms with E-state index in [1.54, 1.807) is 18.3 Å². The number of amides is 1. The summed E-state index contributed by atoms with van der Waals surface area (Å²) in [5.74, 6) is -1.06. The van der Waals surface area contributed by atoms with Crippen LogP contribution < -0.4 is 10.2 Å². The van der Waals surface area contributed by atoms with Gasteiger partial charge in [-0.25, -0.2) is 18.6 Å². The first-order valence-corrected chi connectivity index (χ1v) is 14.0. The van der Waals surface area contributed by atoms with Crippen LogP contribution in [0.1, 0.15) is 32.0 Å². The quantitative estimate of drug-likeness (QED) is 0.312. The maximum Gasteiger partial charge on any atom is 0.422 e. The molecule has 0 bridgehead atoms. The highest BCUT2D eigenvalue weighted by atomic mass is 19.1. The molecule has 0 atom stereocenters. The van der Waals surface area contributed by atoms with Crippen molar-refractivity contribution in [2.45, 2.75) is 32.9 Å². The van der Waals surface area contributed by atoms with Crippen molar-refractivity contribution < 1.29 is 23.0 Å². The Labute approximate surface area is 249 Å². The normalized spacial score (nSPS) is 14.5. The van der Waals surface area contributed by atoms with Gasteiger partial charge < -0.3 is 14.0 Å². The molecule has 224 valence electrons. The molecule has 0 unspecified atom stereocenters. The molecule has 1 N–H and O–H groups in total. The number of methoxy groups -OCH3 is 1. The summed E-state index contributed by atoms with van der Waals surface area (Å²) in [6.45, 7) is 8.82. The highest BCUT2D eigenvalue weighted by Crippen LogP contribution is 2.39. The number of rotatable bonds is 6. The van der Waals surface area contributed by atoms with Gasteiger partial charge in [0.15, 0.2) is 11.6 Å². The summed E-state index contributed by atoms with van der Waals surface area (Å²) in [6.07, 6.45) is 1.27. The Morgan fingerprint density at radius 2 is 1.74 bits per heavy atom. The number of hydrogen-bond acceptors (Lipinski definition) is 7. The molecule has 1 aliphatic rings. The minimum Gasteiger partial charge on any atom is -0.494 e. The first-order chi connectivity index (χ1) is 20.5. The number of pyridine rings is 1. The number of carbonyl (C=O) groups excluding carboxylic acids is 1. The van der Waals surface area contributed by atoms with Crippen LogP contribution in [0.25, 0.3) is 33.3 Å². The van der Waals surface area contributed by atoms with Gasteiger partial charge in [-0.05, 0) is 62.7 Å². The number of carbonyl (C=O) groups is 1. The Balaban J connectivity index is 1.47. The molecule has 0 aliphatic carbocycles. The lowest BCUT2D eigenvalue weighted by molar-refractivity contribution is 0.0212. The highest BCUT2D eigenvalue weighted by Gasteiger charge is 2.24. The zero-order chi connectivity index (χ0) is 30.9. The molecule has 1 amide bonds. The van der Waals surface area contributed by atoms with E-state index in [0.29, 0.717) is 42.0 Å². The summed E-state index contributed by atoms with van der Waals surface area (Å²) in [5.41, 5.74) is 6.19. The minimum absolute atomic E-state index is 0.0602. The van der Waals surface area contributed by atoms with Crippen LogP contribution in [0.2, 0.25) is 0 Å². The van der Waals surface area contributed by atoms with Crippen LogP contribution in [0.15, 0.2) is 48.7 Å². The number of hydrazine groups is 1. The van der Waals surface area contributed by atoms with Crippen LogP contribution in [-0.4, -0.2) is 64.4 Å². The van der Waals surface area contributed by atoms with E-state index in [0.717, 1.165) is 29.7 Å². The van der Waals surface area contributed by atoms with Gasteiger partial charge in [-0.3, -0.25) is 15.3 Å². The second-order valence-corrected chi connectivity index (χ2v) is 11.5. The van der Waals surface area contributed by atoms with Crippen LogP contribution in [0, 0.1) is 23.0 Å². The van der Waals surface area contributed by atoms with Crippen molar-refractivity contribution in [1.82, 2.24) is 24.9 Å². The van der Waals surface area contributed by atoms with E-state index < -0.39 is 23.3 Å². The predicted octanol–water partition coefficient (Wildman–Crippen LogP) is 5.62. The molecule has 0 radical (unpaired) electrons. The van der Waals surface area contributed by atoms with E-state index in [9.17, 15) is 18.8 Å². The fraction of sp³-hybridized carbons (Fsp3) is 0.344. The Morgan fingerprint density at radius 1 is 1.05 bits per heavy atom. The third kappa shape index (κ3) is 6.45. The van der Waals surface area contributed by atoms with Gasteiger partial charge in [0.25, 0.3) is 0 Å². The Morgan fingerprint density at radius 3 is 2.37 bits per heavy atom. The van der Waals surface area contributed by atoms with Crippen LogP contribution in [-0.2, 0) is 18.3 Å². The predicted molar refractivity (Wildman–Crippen MR) is 159 cm³/mol. The summed E-state index contributed by atoms with van der Waals surface area (Å²) in [6, 6.07) is 13.0. The van der Waals surface area contributed by atoms with Gasteiger partial charge in [0.2, 0.25) is 0 Å². The molecule has 1 fully saturated rings. The number of aryl methyl sites for hydroxylation is 1.